The number of nitrogens with two attached hydrogens (primary N) is 1. The lowest BCUT2D eigenvalue weighted by Gasteiger charge is -2.10. The summed E-state index contributed by atoms with van der Waals surface area (Å²) < 4.78 is 26.6. The number of nitrogen functional groups attached to an aromatic ring is 1. The van der Waals surface area contributed by atoms with E-state index >= 15 is 0 Å². The number of sulfonamides is 1. The van der Waals surface area contributed by atoms with Crippen molar-refractivity contribution in [3.8, 4) is 6.07 Å². The molecule has 0 aliphatic heterocycles. The fraction of sp³-hybridized carbons (Fsp3) is 0.0714. The molecule has 7 heteroatoms. The van der Waals surface area contributed by atoms with Crippen LogP contribution in [0.1, 0.15) is 11.1 Å². The van der Waals surface area contributed by atoms with Crippen molar-refractivity contribution in [1.29, 1.82) is 5.26 Å². The van der Waals surface area contributed by atoms with Crippen LogP contribution in [0.15, 0.2) is 42.5 Å². The summed E-state index contributed by atoms with van der Waals surface area (Å²) in [6.07, 6.45) is 0. The quantitative estimate of drug-likeness (QED) is 0.846. The third kappa shape index (κ3) is 4.12. The summed E-state index contributed by atoms with van der Waals surface area (Å²) in [5.41, 5.74) is 7.34. The van der Waals surface area contributed by atoms with Crippen LogP contribution >= 0.6 is 11.6 Å². The topological polar surface area (TPSA) is 96.0 Å². The van der Waals surface area contributed by atoms with Gasteiger partial charge in [-0.1, -0.05) is 23.7 Å². The van der Waals surface area contributed by atoms with E-state index in [1.54, 1.807) is 24.3 Å². The van der Waals surface area contributed by atoms with Crippen LogP contribution in [0.4, 0.5) is 11.4 Å². The molecule has 0 saturated heterocycles. The summed E-state index contributed by atoms with van der Waals surface area (Å²) >= 11 is 5.94. The van der Waals surface area contributed by atoms with E-state index < -0.39 is 10.0 Å². The molecule has 5 nitrogen and oxygen atoms in total. The normalized spacial score (nSPS) is 10.9. The maximum atomic E-state index is 12.1. The van der Waals surface area contributed by atoms with Crippen LogP contribution in [0, 0.1) is 11.3 Å². The Hall–Kier alpha value is -2.23. The molecule has 0 aromatic heterocycles. The molecule has 0 aliphatic rings. The number of anilines is 2. The van der Waals surface area contributed by atoms with Gasteiger partial charge in [-0.2, -0.15) is 5.26 Å². The molecule has 0 heterocycles. The summed E-state index contributed by atoms with van der Waals surface area (Å²) in [6.45, 7) is 0. The Kier molecular flexibility index (Phi) is 4.36. The van der Waals surface area contributed by atoms with Gasteiger partial charge < -0.3 is 5.73 Å². The zero-order valence-corrected chi connectivity index (χ0v) is 12.4. The number of hydrogen-bond acceptors (Lipinski definition) is 4. The number of nitrogens with one attached hydrogen (secondary N) is 1. The fourth-order valence-corrected chi connectivity index (χ4v) is 3.20. The molecule has 0 unspecified atom stereocenters. The highest BCUT2D eigenvalue weighted by atomic mass is 35.5. The summed E-state index contributed by atoms with van der Waals surface area (Å²) in [4.78, 5) is 0. The largest absolute Gasteiger partial charge is 0.399 e. The third-order valence-corrected chi connectivity index (χ3v) is 4.26. The lowest BCUT2D eigenvalue weighted by Crippen LogP contribution is -2.15. The molecule has 108 valence electrons. The van der Waals surface area contributed by atoms with Crippen molar-refractivity contribution < 1.29 is 8.42 Å². The van der Waals surface area contributed by atoms with Gasteiger partial charge in [0, 0.05) is 5.69 Å². The fourth-order valence-electron chi connectivity index (χ4n) is 1.70. The third-order valence-electron chi connectivity index (χ3n) is 2.70. The minimum atomic E-state index is -3.60. The molecule has 21 heavy (non-hydrogen) atoms. The van der Waals surface area contributed by atoms with Gasteiger partial charge in [-0.25, -0.2) is 8.42 Å². The highest BCUT2D eigenvalue weighted by molar-refractivity contribution is 7.91. The summed E-state index contributed by atoms with van der Waals surface area (Å²) in [6, 6.07) is 12.9. The van der Waals surface area contributed by atoms with Crippen LogP contribution < -0.4 is 10.5 Å². The van der Waals surface area contributed by atoms with Crippen molar-refractivity contribution in [2.45, 2.75) is 5.75 Å². The van der Waals surface area contributed by atoms with Crippen molar-refractivity contribution in [2.75, 3.05) is 10.5 Å². The van der Waals surface area contributed by atoms with Crippen molar-refractivity contribution in [3.63, 3.8) is 0 Å². The number of benzene rings is 2. The highest BCUT2D eigenvalue weighted by Crippen LogP contribution is 2.24. The van der Waals surface area contributed by atoms with Crippen molar-refractivity contribution in [1.82, 2.24) is 0 Å². The number of hydrogen-bond donors (Lipinski definition) is 2. The van der Waals surface area contributed by atoms with E-state index in [0.29, 0.717) is 16.8 Å². The van der Waals surface area contributed by atoms with Crippen LogP contribution in [0.25, 0.3) is 0 Å². The Morgan fingerprint density at radius 1 is 1.19 bits per heavy atom. The predicted molar refractivity (Wildman–Crippen MR) is 83.3 cm³/mol. The van der Waals surface area contributed by atoms with Gasteiger partial charge in [-0.3, -0.25) is 4.72 Å². The summed E-state index contributed by atoms with van der Waals surface area (Å²) in [5, 5.41) is 8.92. The van der Waals surface area contributed by atoms with Gasteiger partial charge in [0.2, 0.25) is 10.0 Å². The lowest BCUT2D eigenvalue weighted by molar-refractivity contribution is 0.600. The lowest BCUT2D eigenvalue weighted by atomic mass is 10.2. The van der Waals surface area contributed by atoms with Gasteiger partial charge in [-0.05, 0) is 35.9 Å². The monoisotopic (exact) mass is 321 g/mol. The Labute approximate surface area is 128 Å². The second-order valence-electron chi connectivity index (χ2n) is 4.41. The van der Waals surface area contributed by atoms with E-state index in [9.17, 15) is 8.42 Å². The van der Waals surface area contributed by atoms with Crippen molar-refractivity contribution >= 4 is 33.0 Å². The first kappa shape index (κ1) is 15.2. The SMILES string of the molecule is N#Cc1ccc(NS(=O)(=O)Cc2ccc(N)cc2)c(Cl)c1. The Bertz CT molecular complexity index is 796. The molecule has 0 atom stereocenters. The highest BCUT2D eigenvalue weighted by Gasteiger charge is 2.14. The van der Waals surface area contributed by atoms with Crippen LogP contribution in [0.5, 0.6) is 0 Å². The molecule has 0 bridgehead atoms. The van der Waals surface area contributed by atoms with Gasteiger partial charge in [0.05, 0.1) is 28.1 Å². The molecule has 0 fully saturated rings. The maximum absolute atomic E-state index is 12.1. The first-order valence-electron chi connectivity index (χ1n) is 5.94. The average Bonchev–Trinajstić information content (AvgIpc) is 2.43. The van der Waals surface area contributed by atoms with Crippen LogP contribution in [-0.4, -0.2) is 8.42 Å². The van der Waals surface area contributed by atoms with Gasteiger partial charge in [0.1, 0.15) is 0 Å². The zero-order valence-electron chi connectivity index (χ0n) is 10.9. The molecule has 2 aromatic rings. The Morgan fingerprint density at radius 3 is 2.43 bits per heavy atom. The molecule has 0 radical (unpaired) electrons. The van der Waals surface area contributed by atoms with Gasteiger partial charge in [0.15, 0.2) is 0 Å². The molecular formula is C14H12ClN3O2S. The van der Waals surface area contributed by atoms with Crippen LogP contribution in [-0.2, 0) is 15.8 Å². The van der Waals surface area contributed by atoms with Gasteiger partial charge in [0.25, 0.3) is 0 Å². The molecule has 0 spiro atoms. The summed E-state index contributed by atoms with van der Waals surface area (Å²) in [7, 11) is -3.60. The molecular weight excluding hydrogens is 310 g/mol. The van der Waals surface area contributed by atoms with E-state index in [0.717, 1.165) is 0 Å². The second-order valence-corrected chi connectivity index (χ2v) is 6.54. The average molecular weight is 322 g/mol. The number of rotatable bonds is 4. The molecule has 0 aliphatic carbocycles. The molecule has 2 rings (SSSR count). The first-order chi connectivity index (χ1) is 9.89. The minimum absolute atomic E-state index is 0.176. The summed E-state index contributed by atoms with van der Waals surface area (Å²) in [5.74, 6) is -0.191. The van der Waals surface area contributed by atoms with Gasteiger partial charge in [-0.15, -0.1) is 0 Å². The van der Waals surface area contributed by atoms with Gasteiger partial charge >= 0.3 is 0 Å². The van der Waals surface area contributed by atoms with Crippen LogP contribution in [0.3, 0.4) is 0 Å². The van der Waals surface area contributed by atoms with E-state index in [1.807, 2.05) is 6.07 Å². The molecule has 0 saturated carbocycles. The standard InChI is InChI=1S/C14H12ClN3O2S/c15-13-7-11(8-16)3-6-14(13)18-21(19,20)9-10-1-4-12(17)5-2-10/h1-7,18H,9,17H2. The number of nitriles is 1. The number of halogens is 1. The van der Waals surface area contributed by atoms with E-state index in [2.05, 4.69) is 4.72 Å². The minimum Gasteiger partial charge on any atom is -0.399 e. The second kappa shape index (κ2) is 6.04. The molecule has 3 N–H and O–H groups in total. The molecule has 2 aromatic carbocycles. The van der Waals surface area contributed by atoms with Crippen molar-refractivity contribution in [2.24, 2.45) is 0 Å². The molecule has 0 amide bonds. The van der Waals surface area contributed by atoms with E-state index in [1.165, 1.54) is 18.2 Å². The number of nitrogens with zero attached hydrogens (tertiary/aromatic N) is 1. The van der Waals surface area contributed by atoms with E-state index in [4.69, 9.17) is 22.6 Å². The van der Waals surface area contributed by atoms with Crippen LogP contribution in [0.2, 0.25) is 5.02 Å². The van der Waals surface area contributed by atoms with E-state index in [-0.39, 0.29) is 16.5 Å². The maximum Gasteiger partial charge on any atom is 0.236 e. The predicted octanol–water partition coefficient (Wildman–Crippen LogP) is 2.74. The Balaban J connectivity index is 2.18. The smallest absolute Gasteiger partial charge is 0.236 e. The van der Waals surface area contributed by atoms with Crippen molar-refractivity contribution in [3.05, 3.63) is 58.6 Å². The Morgan fingerprint density at radius 2 is 1.86 bits per heavy atom. The first-order valence-corrected chi connectivity index (χ1v) is 7.97. The zero-order chi connectivity index (χ0) is 15.5.